The van der Waals surface area contributed by atoms with Gasteiger partial charge in [-0.15, -0.1) is 0 Å². The van der Waals surface area contributed by atoms with Crippen LogP contribution in [0.2, 0.25) is 0 Å². The third-order valence-electron chi connectivity index (χ3n) is 6.93. The standard InChI is InChI=1S/C25H41BN2O6/c1-17-15-28(22(29)32-23(2,3)4)12-11-27(17)16-19-20(30-9)13-18(14-21(19)31-10)26-33-24(5,6)25(7,8)34-26/h13-14,17H,11-12,15-16H2,1-10H3/t17-/m1/s1. The van der Waals surface area contributed by atoms with Crippen LogP contribution in [0.4, 0.5) is 4.79 Å². The van der Waals surface area contributed by atoms with Crippen LogP contribution in [-0.4, -0.2) is 79.7 Å². The average molecular weight is 476 g/mol. The van der Waals surface area contributed by atoms with Crippen molar-refractivity contribution in [3.63, 3.8) is 0 Å². The molecule has 1 aromatic carbocycles. The second-order valence-corrected chi connectivity index (χ2v) is 11.2. The van der Waals surface area contributed by atoms with Crippen molar-refractivity contribution in [2.45, 2.75) is 84.8 Å². The Balaban J connectivity index is 1.77. The van der Waals surface area contributed by atoms with E-state index in [4.69, 9.17) is 23.5 Å². The highest BCUT2D eigenvalue weighted by atomic mass is 16.7. The van der Waals surface area contributed by atoms with Gasteiger partial charge in [0, 0.05) is 32.2 Å². The highest BCUT2D eigenvalue weighted by Crippen LogP contribution is 2.38. The molecule has 0 saturated carbocycles. The molecule has 2 aliphatic rings. The van der Waals surface area contributed by atoms with E-state index in [1.165, 1.54) is 0 Å². The molecule has 2 aliphatic heterocycles. The number of benzene rings is 1. The van der Waals surface area contributed by atoms with Crippen molar-refractivity contribution in [3.8, 4) is 11.5 Å². The zero-order valence-corrected chi connectivity index (χ0v) is 22.5. The molecule has 1 aromatic rings. The first kappa shape index (κ1) is 26.6. The molecule has 2 heterocycles. The Kier molecular flexibility index (Phi) is 7.51. The molecule has 0 spiro atoms. The second kappa shape index (κ2) is 9.59. The predicted molar refractivity (Wildman–Crippen MR) is 133 cm³/mol. The van der Waals surface area contributed by atoms with Crippen molar-refractivity contribution >= 4 is 18.7 Å². The Labute approximate surface area is 204 Å². The molecule has 9 heteroatoms. The normalized spacial score (nSPS) is 22.6. The number of nitrogens with zero attached hydrogens (tertiary/aromatic N) is 2. The summed E-state index contributed by atoms with van der Waals surface area (Å²) in [5.41, 5.74) is 0.457. The Hall–Kier alpha value is -1.97. The topological polar surface area (TPSA) is 69.7 Å². The second-order valence-electron chi connectivity index (χ2n) is 11.2. The molecule has 0 bridgehead atoms. The molecule has 190 valence electrons. The van der Waals surface area contributed by atoms with Crippen molar-refractivity contribution in [2.75, 3.05) is 33.9 Å². The highest BCUT2D eigenvalue weighted by Gasteiger charge is 2.52. The SMILES string of the molecule is COc1cc(B2OC(C)(C)C(C)(C)O2)cc(OC)c1CN1CCN(C(=O)OC(C)(C)C)C[C@H]1C. The number of amides is 1. The molecular formula is C25H41BN2O6. The van der Waals surface area contributed by atoms with Gasteiger partial charge in [0.05, 0.1) is 31.0 Å². The number of ether oxygens (including phenoxy) is 3. The van der Waals surface area contributed by atoms with Gasteiger partial charge in [0.15, 0.2) is 0 Å². The van der Waals surface area contributed by atoms with Crippen LogP contribution < -0.4 is 14.9 Å². The van der Waals surface area contributed by atoms with E-state index >= 15 is 0 Å². The van der Waals surface area contributed by atoms with E-state index in [0.29, 0.717) is 19.6 Å². The number of piperazine rings is 1. The van der Waals surface area contributed by atoms with Crippen LogP contribution in [0.15, 0.2) is 12.1 Å². The third kappa shape index (κ3) is 5.63. The van der Waals surface area contributed by atoms with Crippen LogP contribution in [0.1, 0.15) is 61.0 Å². The van der Waals surface area contributed by atoms with Crippen LogP contribution in [-0.2, 0) is 20.6 Å². The van der Waals surface area contributed by atoms with Crippen molar-refractivity contribution in [3.05, 3.63) is 17.7 Å². The largest absolute Gasteiger partial charge is 0.496 e. The summed E-state index contributed by atoms with van der Waals surface area (Å²) in [7, 11) is 2.82. The Morgan fingerprint density at radius 1 is 1.06 bits per heavy atom. The molecule has 0 radical (unpaired) electrons. The molecular weight excluding hydrogens is 435 g/mol. The lowest BCUT2D eigenvalue weighted by Gasteiger charge is -2.40. The van der Waals surface area contributed by atoms with Crippen molar-refractivity contribution in [1.82, 2.24) is 9.80 Å². The van der Waals surface area contributed by atoms with E-state index in [9.17, 15) is 4.79 Å². The van der Waals surface area contributed by atoms with Crippen molar-refractivity contribution < 1.29 is 28.3 Å². The quantitative estimate of drug-likeness (QED) is 0.603. The summed E-state index contributed by atoms with van der Waals surface area (Å²) >= 11 is 0. The minimum atomic E-state index is -0.503. The maximum atomic E-state index is 12.5. The number of hydrogen-bond donors (Lipinski definition) is 0. The van der Waals surface area contributed by atoms with Gasteiger partial charge in [-0.25, -0.2) is 4.79 Å². The van der Waals surface area contributed by atoms with Gasteiger partial charge in [-0.3, -0.25) is 4.90 Å². The van der Waals surface area contributed by atoms with E-state index in [1.54, 1.807) is 19.1 Å². The first-order valence-electron chi connectivity index (χ1n) is 12.0. The Bertz CT molecular complexity index is 857. The van der Waals surface area contributed by atoms with Gasteiger partial charge in [0.2, 0.25) is 0 Å². The van der Waals surface area contributed by atoms with Gasteiger partial charge in [0.1, 0.15) is 17.1 Å². The summed E-state index contributed by atoms with van der Waals surface area (Å²) < 4.78 is 29.6. The van der Waals surface area contributed by atoms with Gasteiger partial charge in [0.25, 0.3) is 0 Å². The third-order valence-corrected chi connectivity index (χ3v) is 6.93. The fraction of sp³-hybridized carbons (Fsp3) is 0.720. The summed E-state index contributed by atoms with van der Waals surface area (Å²) in [5.74, 6) is 1.46. The Morgan fingerprint density at radius 3 is 2.03 bits per heavy atom. The minimum Gasteiger partial charge on any atom is -0.496 e. The van der Waals surface area contributed by atoms with E-state index in [0.717, 1.165) is 29.1 Å². The molecule has 1 atom stereocenters. The van der Waals surface area contributed by atoms with Crippen LogP contribution in [0, 0.1) is 0 Å². The molecule has 0 unspecified atom stereocenters. The predicted octanol–water partition coefficient (Wildman–Crippen LogP) is 3.44. The summed E-state index contributed by atoms with van der Waals surface area (Å²) in [6.07, 6.45) is -0.263. The van der Waals surface area contributed by atoms with Crippen LogP contribution >= 0.6 is 0 Å². The van der Waals surface area contributed by atoms with Gasteiger partial charge in [-0.05, 0) is 73.0 Å². The molecule has 2 saturated heterocycles. The molecule has 1 amide bonds. The number of hydrogen-bond acceptors (Lipinski definition) is 7. The molecule has 0 aliphatic carbocycles. The summed E-state index contributed by atoms with van der Waals surface area (Å²) in [6.45, 7) is 18.5. The van der Waals surface area contributed by atoms with E-state index in [-0.39, 0.29) is 12.1 Å². The zero-order chi connectivity index (χ0) is 25.5. The summed E-state index contributed by atoms with van der Waals surface area (Å²) in [6, 6.07) is 4.10. The van der Waals surface area contributed by atoms with Crippen molar-refractivity contribution in [1.29, 1.82) is 0 Å². The Morgan fingerprint density at radius 2 is 1.59 bits per heavy atom. The molecule has 2 fully saturated rings. The fourth-order valence-corrected chi connectivity index (χ4v) is 4.20. The van der Waals surface area contributed by atoms with Crippen LogP contribution in [0.3, 0.4) is 0 Å². The number of carbonyl (C=O) groups is 1. The van der Waals surface area contributed by atoms with Gasteiger partial charge in [-0.1, -0.05) is 0 Å². The van der Waals surface area contributed by atoms with Crippen LogP contribution in [0.5, 0.6) is 11.5 Å². The number of carbonyl (C=O) groups excluding carboxylic acids is 1. The monoisotopic (exact) mass is 476 g/mol. The fourth-order valence-electron chi connectivity index (χ4n) is 4.20. The zero-order valence-electron chi connectivity index (χ0n) is 22.5. The van der Waals surface area contributed by atoms with E-state index in [1.807, 2.05) is 60.6 Å². The maximum Gasteiger partial charge on any atom is 0.495 e. The average Bonchev–Trinajstić information content (AvgIpc) is 2.95. The first-order chi connectivity index (χ1) is 15.7. The number of rotatable bonds is 5. The summed E-state index contributed by atoms with van der Waals surface area (Å²) in [4.78, 5) is 16.6. The molecule has 3 rings (SSSR count). The van der Waals surface area contributed by atoms with Crippen molar-refractivity contribution in [2.24, 2.45) is 0 Å². The van der Waals surface area contributed by atoms with Gasteiger partial charge in [-0.2, -0.15) is 0 Å². The van der Waals surface area contributed by atoms with E-state index in [2.05, 4.69) is 11.8 Å². The van der Waals surface area contributed by atoms with Gasteiger partial charge < -0.3 is 28.4 Å². The maximum absolute atomic E-state index is 12.5. The highest BCUT2D eigenvalue weighted by molar-refractivity contribution is 6.62. The minimum absolute atomic E-state index is 0.151. The first-order valence-corrected chi connectivity index (χ1v) is 12.0. The van der Waals surface area contributed by atoms with Crippen LogP contribution in [0.25, 0.3) is 0 Å². The number of methoxy groups -OCH3 is 2. The smallest absolute Gasteiger partial charge is 0.495 e. The van der Waals surface area contributed by atoms with E-state index < -0.39 is 23.9 Å². The molecule has 0 N–H and O–H groups in total. The molecule has 8 nitrogen and oxygen atoms in total. The molecule has 0 aromatic heterocycles. The molecule has 34 heavy (non-hydrogen) atoms. The lowest BCUT2D eigenvalue weighted by Crippen LogP contribution is -2.54. The summed E-state index contributed by atoms with van der Waals surface area (Å²) in [5, 5.41) is 0. The lowest BCUT2D eigenvalue weighted by atomic mass is 9.78. The van der Waals surface area contributed by atoms with Gasteiger partial charge >= 0.3 is 13.2 Å². The lowest BCUT2D eigenvalue weighted by molar-refractivity contribution is 0.00440.